The molecule has 0 spiro atoms. The molecule has 2 aromatic rings. The van der Waals surface area contributed by atoms with Crippen molar-refractivity contribution in [3.8, 4) is 0 Å². The Morgan fingerprint density at radius 3 is 2.43 bits per heavy atom. The molecule has 2 N–H and O–H groups in total. The summed E-state index contributed by atoms with van der Waals surface area (Å²) in [5, 5.41) is 15.8. The van der Waals surface area contributed by atoms with Gasteiger partial charge in [0.15, 0.2) is 0 Å². The van der Waals surface area contributed by atoms with Crippen molar-refractivity contribution in [3.63, 3.8) is 0 Å². The van der Waals surface area contributed by atoms with Crippen LogP contribution in [0.2, 0.25) is 0 Å². The van der Waals surface area contributed by atoms with Crippen LogP contribution in [-0.2, 0) is 0 Å². The first-order valence-corrected chi connectivity index (χ1v) is 7.35. The van der Waals surface area contributed by atoms with Crippen molar-refractivity contribution in [2.45, 2.75) is 13.0 Å². The first kappa shape index (κ1) is 16.2. The Labute approximate surface area is 132 Å². The monoisotopic (exact) mass is 306 g/mol. The number of benzene rings is 2. The minimum absolute atomic E-state index is 0. The standard InChI is InChI=1S/C17H22N2O.ClH/c1-13-6-7-16(15-5-3-2-4-14(13)15)17(12-20)19-10-8-18-9-11-19;/h2-7,17-18,20H,8-12H2,1H3;1H/t17-;/m0./s1. The van der Waals surface area contributed by atoms with Gasteiger partial charge >= 0.3 is 0 Å². The van der Waals surface area contributed by atoms with Gasteiger partial charge < -0.3 is 10.4 Å². The van der Waals surface area contributed by atoms with E-state index in [1.807, 2.05) is 0 Å². The highest BCUT2D eigenvalue weighted by atomic mass is 35.5. The summed E-state index contributed by atoms with van der Waals surface area (Å²) in [6.45, 7) is 6.30. The number of halogens is 1. The summed E-state index contributed by atoms with van der Waals surface area (Å²) >= 11 is 0. The molecular weight excluding hydrogens is 284 g/mol. The molecule has 0 bridgehead atoms. The Morgan fingerprint density at radius 1 is 1.10 bits per heavy atom. The molecule has 0 radical (unpaired) electrons. The number of aliphatic hydroxyl groups is 1. The summed E-state index contributed by atoms with van der Waals surface area (Å²) in [7, 11) is 0. The van der Waals surface area contributed by atoms with Gasteiger partial charge in [-0.2, -0.15) is 0 Å². The van der Waals surface area contributed by atoms with Gasteiger partial charge in [0.1, 0.15) is 0 Å². The van der Waals surface area contributed by atoms with Gasteiger partial charge in [0.25, 0.3) is 0 Å². The average molecular weight is 307 g/mol. The van der Waals surface area contributed by atoms with Crippen molar-refractivity contribution in [3.05, 3.63) is 47.5 Å². The molecule has 21 heavy (non-hydrogen) atoms. The van der Waals surface area contributed by atoms with Crippen LogP contribution in [0.3, 0.4) is 0 Å². The molecule has 2 aromatic carbocycles. The van der Waals surface area contributed by atoms with Crippen molar-refractivity contribution in [2.24, 2.45) is 0 Å². The number of aryl methyl sites for hydroxylation is 1. The van der Waals surface area contributed by atoms with Crippen molar-refractivity contribution in [2.75, 3.05) is 32.8 Å². The lowest BCUT2D eigenvalue weighted by atomic mass is 9.95. The van der Waals surface area contributed by atoms with E-state index in [0.717, 1.165) is 26.2 Å². The molecule has 0 unspecified atom stereocenters. The van der Waals surface area contributed by atoms with Crippen LogP contribution in [0, 0.1) is 6.92 Å². The molecule has 3 nitrogen and oxygen atoms in total. The lowest BCUT2D eigenvalue weighted by Crippen LogP contribution is -2.46. The number of piperazine rings is 1. The van der Waals surface area contributed by atoms with Crippen molar-refractivity contribution < 1.29 is 5.11 Å². The second-order valence-electron chi connectivity index (χ2n) is 5.50. The fraction of sp³-hybridized carbons (Fsp3) is 0.412. The fourth-order valence-electron chi connectivity index (χ4n) is 3.17. The molecule has 1 heterocycles. The third kappa shape index (κ3) is 3.22. The Morgan fingerprint density at radius 2 is 1.76 bits per heavy atom. The summed E-state index contributed by atoms with van der Waals surface area (Å²) in [4.78, 5) is 2.38. The second-order valence-corrected chi connectivity index (χ2v) is 5.50. The molecular formula is C17H23ClN2O. The van der Waals surface area contributed by atoms with E-state index in [0.29, 0.717) is 0 Å². The zero-order chi connectivity index (χ0) is 13.9. The normalized spacial score (nSPS) is 17.4. The van der Waals surface area contributed by atoms with E-state index in [2.05, 4.69) is 53.5 Å². The molecule has 0 aromatic heterocycles. The summed E-state index contributed by atoms with van der Waals surface area (Å²) in [5.74, 6) is 0. The van der Waals surface area contributed by atoms with E-state index in [9.17, 15) is 5.11 Å². The maximum absolute atomic E-state index is 9.90. The van der Waals surface area contributed by atoms with E-state index in [-0.39, 0.29) is 25.1 Å². The van der Waals surface area contributed by atoms with Crippen molar-refractivity contribution in [1.82, 2.24) is 10.2 Å². The molecule has 0 aliphatic carbocycles. The summed E-state index contributed by atoms with van der Waals surface area (Å²) in [6.07, 6.45) is 0. The molecule has 1 atom stereocenters. The van der Waals surface area contributed by atoms with Gasteiger partial charge in [-0.15, -0.1) is 12.4 Å². The lowest BCUT2D eigenvalue weighted by molar-refractivity contribution is 0.111. The SMILES string of the molecule is Cc1ccc([C@H](CO)N2CCNCC2)c2ccccc12.Cl. The Kier molecular flexibility index (Phi) is 5.59. The molecule has 114 valence electrons. The maximum Gasteiger partial charge on any atom is 0.0628 e. The second kappa shape index (κ2) is 7.23. The van der Waals surface area contributed by atoms with Gasteiger partial charge in [0, 0.05) is 26.2 Å². The van der Waals surface area contributed by atoms with Crippen LogP contribution in [0.4, 0.5) is 0 Å². The molecule has 1 fully saturated rings. The Balaban J connectivity index is 0.00000161. The van der Waals surface area contributed by atoms with E-state index in [4.69, 9.17) is 0 Å². The van der Waals surface area contributed by atoms with E-state index >= 15 is 0 Å². The number of rotatable bonds is 3. The topological polar surface area (TPSA) is 35.5 Å². The molecule has 0 amide bonds. The zero-order valence-corrected chi connectivity index (χ0v) is 13.2. The van der Waals surface area contributed by atoms with Gasteiger partial charge in [-0.3, -0.25) is 4.90 Å². The quantitative estimate of drug-likeness (QED) is 0.914. The number of hydrogen-bond donors (Lipinski definition) is 2. The maximum atomic E-state index is 9.90. The predicted octanol–water partition coefficient (Wildman–Crippen LogP) is 2.51. The minimum Gasteiger partial charge on any atom is -0.394 e. The van der Waals surface area contributed by atoms with Gasteiger partial charge in [0.05, 0.1) is 12.6 Å². The Hall–Kier alpha value is -1.13. The molecule has 4 heteroatoms. The van der Waals surface area contributed by atoms with Crippen LogP contribution in [0.1, 0.15) is 17.2 Å². The largest absolute Gasteiger partial charge is 0.394 e. The van der Waals surface area contributed by atoms with Crippen molar-refractivity contribution in [1.29, 1.82) is 0 Å². The number of hydrogen-bond acceptors (Lipinski definition) is 3. The molecule has 1 aliphatic heterocycles. The first-order valence-electron chi connectivity index (χ1n) is 7.35. The molecule has 0 saturated carbocycles. The lowest BCUT2D eigenvalue weighted by Gasteiger charge is -2.34. The third-order valence-corrected chi connectivity index (χ3v) is 4.30. The van der Waals surface area contributed by atoms with Crippen LogP contribution in [0.15, 0.2) is 36.4 Å². The highest BCUT2D eigenvalue weighted by Crippen LogP contribution is 2.30. The van der Waals surface area contributed by atoms with Crippen molar-refractivity contribution >= 4 is 23.2 Å². The third-order valence-electron chi connectivity index (χ3n) is 4.30. The van der Waals surface area contributed by atoms with E-state index in [1.165, 1.54) is 21.9 Å². The van der Waals surface area contributed by atoms with Gasteiger partial charge in [0.2, 0.25) is 0 Å². The number of aliphatic hydroxyl groups excluding tert-OH is 1. The zero-order valence-electron chi connectivity index (χ0n) is 12.4. The fourth-order valence-corrected chi connectivity index (χ4v) is 3.17. The van der Waals surface area contributed by atoms with Gasteiger partial charge in [-0.05, 0) is 28.8 Å². The smallest absolute Gasteiger partial charge is 0.0628 e. The van der Waals surface area contributed by atoms with Crippen LogP contribution in [-0.4, -0.2) is 42.8 Å². The minimum atomic E-state index is 0. The Bertz CT molecular complexity index is 596. The summed E-state index contributed by atoms with van der Waals surface area (Å²) in [5.41, 5.74) is 2.54. The average Bonchev–Trinajstić information content (AvgIpc) is 2.52. The summed E-state index contributed by atoms with van der Waals surface area (Å²) in [6, 6.07) is 12.9. The van der Waals surface area contributed by atoms with Crippen LogP contribution in [0.5, 0.6) is 0 Å². The van der Waals surface area contributed by atoms with Gasteiger partial charge in [-0.25, -0.2) is 0 Å². The first-order chi connectivity index (χ1) is 9.81. The van der Waals surface area contributed by atoms with Crippen LogP contribution >= 0.6 is 12.4 Å². The van der Waals surface area contributed by atoms with E-state index in [1.54, 1.807) is 0 Å². The number of fused-ring (bicyclic) bond motifs is 1. The van der Waals surface area contributed by atoms with Crippen LogP contribution < -0.4 is 5.32 Å². The number of nitrogens with one attached hydrogen (secondary N) is 1. The number of nitrogens with zero attached hydrogens (tertiary/aromatic N) is 1. The molecule has 3 rings (SSSR count). The molecule has 1 aliphatic rings. The molecule has 1 saturated heterocycles. The van der Waals surface area contributed by atoms with Crippen LogP contribution in [0.25, 0.3) is 10.8 Å². The highest BCUT2D eigenvalue weighted by molar-refractivity contribution is 5.89. The predicted molar refractivity (Wildman–Crippen MR) is 90.2 cm³/mol. The van der Waals surface area contributed by atoms with E-state index < -0.39 is 0 Å². The van der Waals surface area contributed by atoms with Gasteiger partial charge in [-0.1, -0.05) is 36.4 Å². The summed E-state index contributed by atoms with van der Waals surface area (Å²) < 4.78 is 0. The highest BCUT2D eigenvalue weighted by Gasteiger charge is 2.23.